The van der Waals surface area contributed by atoms with Crippen LogP contribution in [-0.2, 0) is 0 Å². The molecule has 2 fully saturated rings. The number of hydrogen-bond acceptors (Lipinski definition) is 3. The van der Waals surface area contributed by atoms with Gasteiger partial charge in [-0.15, -0.1) is 0 Å². The standard InChI is InChI=1S/C17H35N3/c1-14(2)16-10-15(11-19(4)12-16)7-9-20-8-5-6-17(13-20)18-3/h14-18H,5-13H2,1-4H3/t15?,16?,17-/m0/s1. The molecule has 20 heavy (non-hydrogen) atoms. The fourth-order valence-corrected chi connectivity index (χ4v) is 4.04. The van der Waals surface area contributed by atoms with Crippen molar-refractivity contribution >= 4 is 0 Å². The minimum absolute atomic E-state index is 0.723. The predicted molar refractivity (Wildman–Crippen MR) is 87.1 cm³/mol. The maximum absolute atomic E-state index is 3.45. The van der Waals surface area contributed by atoms with Gasteiger partial charge in [0, 0.05) is 25.7 Å². The molecule has 2 aliphatic heterocycles. The molecule has 2 unspecified atom stereocenters. The van der Waals surface area contributed by atoms with Crippen LogP contribution in [0.15, 0.2) is 0 Å². The number of likely N-dealkylation sites (N-methyl/N-ethyl adjacent to an activating group) is 1. The summed E-state index contributed by atoms with van der Waals surface area (Å²) in [7, 11) is 4.41. The van der Waals surface area contributed by atoms with Crippen LogP contribution in [-0.4, -0.2) is 62.7 Å². The molecule has 2 aliphatic rings. The topological polar surface area (TPSA) is 18.5 Å². The highest BCUT2D eigenvalue weighted by atomic mass is 15.2. The molecule has 0 radical (unpaired) electrons. The zero-order valence-corrected chi connectivity index (χ0v) is 14.1. The van der Waals surface area contributed by atoms with Crippen LogP contribution in [0.2, 0.25) is 0 Å². The summed E-state index contributed by atoms with van der Waals surface area (Å²) in [6.07, 6.45) is 5.56. The van der Waals surface area contributed by atoms with E-state index in [-0.39, 0.29) is 0 Å². The number of hydrogen-bond donors (Lipinski definition) is 1. The van der Waals surface area contributed by atoms with Gasteiger partial charge in [-0.05, 0) is 70.6 Å². The molecule has 0 aromatic carbocycles. The summed E-state index contributed by atoms with van der Waals surface area (Å²) in [4.78, 5) is 5.25. The van der Waals surface area contributed by atoms with Crippen LogP contribution in [0.3, 0.4) is 0 Å². The van der Waals surface area contributed by atoms with Crippen LogP contribution in [0, 0.1) is 17.8 Å². The second-order valence-electron chi connectivity index (χ2n) is 7.54. The first-order chi connectivity index (χ1) is 9.58. The van der Waals surface area contributed by atoms with Gasteiger partial charge in [-0.1, -0.05) is 13.8 Å². The normalized spacial score (nSPS) is 33.8. The Labute approximate surface area is 126 Å². The summed E-state index contributed by atoms with van der Waals surface area (Å²) in [6, 6.07) is 0.723. The first kappa shape index (κ1) is 16.3. The molecule has 0 spiro atoms. The SMILES string of the molecule is CN[C@H]1CCCN(CCC2CC(C(C)C)CN(C)C2)C1. The largest absolute Gasteiger partial charge is 0.316 e. The Balaban J connectivity index is 1.75. The Morgan fingerprint density at radius 1 is 1.20 bits per heavy atom. The Hall–Kier alpha value is -0.120. The lowest BCUT2D eigenvalue weighted by Crippen LogP contribution is -2.46. The van der Waals surface area contributed by atoms with E-state index >= 15 is 0 Å². The van der Waals surface area contributed by atoms with E-state index in [1.165, 1.54) is 58.4 Å². The molecule has 0 amide bonds. The van der Waals surface area contributed by atoms with Crippen LogP contribution in [0.25, 0.3) is 0 Å². The first-order valence-electron chi connectivity index (χ1n) is 8.66. The van der Waals surface area contributed by atoms with Crippen LogP contribution < -0.4 is 5.32 Å². The maximum atomic E-state index is 3.45. The fraction of sp³-hybridized carbons (Fsp3) is 1.00. The molecule has 2 saturated heterocycles. The Kier molecular flexibility index (Phi) is 6.31. The van der Waals surface area contributed by atoms with E-state index in [1.54, 1.807) is 0 Å². The summed E-state index contributed by atoms with van der Waals surface area (Å²) >= 11 is 0. The summed E-state index contributed by atoms with van der Waals surface area (Å²) in [5, 5.41) is 3.45. The lowest BCUT2D eigenvalue weighted by molar-refractivity contribution is 0.103. The molecule has 0 aliphatic carbocycles. The van der Waals surface area contributed by atoms with Crippen molar-refractivity contribution in [3.63, 3.8) is 0 Å². The molecule has 2 heterocycles. The number of nitrogens with one attached hydrogen (secondary N) is 1. The summed E-state index contributed by atoms with van der Waals surface area (Å²) in [5.74, 6) is 2.66. The van der Waals surface area contributed by atoms with E-state index in [0.717, 1.165) is 23.8 Å². The molecule has 2 rings (SSSR count). The first-order valence-corrected chi connectivity index (χ1v) is 8.66. The molecule has 3 atom stereocenters. The third-order valence-electron chi connectivity index (χ3n) is 5.46. The highest BCUT2D eigenvalue weighted by Crippen LogP contribution is 2.28. The third kappa shape index (κ3) is 4.71. The fourth-order valence-electron chi connectivity index (χ4n) is 4.04. The molecule has 3 nitrogen and oxygen atoms in total. The lowest BCUT2D eigenvalue weighted by atomic mass is 9.81. The van der Waals surface area contributed by atoms with Crippen LogP contribution in [0.1, 0.15) is 39.5 Å². The predicted octanol–water partition coefficient (Wildman–Crippen LogP) is 2.28. The summed E-state index contributed by atoms with van der Waals surface area (Å²) in [5.41, 5.74) is 0. The van der Waals surface area contributed by atoms with Crippen molar-refractivity contribution in [2.45, 2.75) is 45.6 Å². The number of rotatable bonds is 5. The average molecular weight is 281 g/mol. The monoisotopic (exact) mass is 281 g/mol. The zero-order chi connectivity index (χ0) is 14.5. The third-order valence-corrected chi connectivity index (χ3v) is 5.46. The lowest BCUT2D eigenvalue weighted by Gasteiger charge is -2.39. The van der Waals surface area contributed by atoms with E-state index in [2.05, 4.69) is 43.1 Å². The van der Waals surface area contributed by atoms with Gasteiger partial charge in [0.05, 0.1) is 0 Å². The number of piperidine rings is 2. The summed E-state index contributed by atoms with van der Waals surface area (Å²) in [6.45, 7) is 11.3. The van der Waals surface area contributed by atoms with Gasteiger partial charge < -0.3 is 15.1 Å². The van der Waals surface area contributed by atoms with E-state index < -0.39 is 0 Å². The van der Waals surface area contributed by atoms with Gasteiger partial charge in [-0.3, -0.25) is 0 Å². The molecular weight excluding hydrogens is 246 g/mol. The minimum atomic E-state index is 0.723. The smallest absolute Gasteiger partial charge is 0.0192 e. The van der Waals surface area contributed by atoms with Crippen molar-refractivity contribution in [3.8, 4) is 0 Å². The number of likely N-dealkylation sites (tertiary alicyclic amines) is 2. The van der Waals surface area contributed by atoms with Gasteiger partial charge in [-0.25, -0.2) is 0 Å². The van der Waals surface area contributed by atoms with E-state index in [0.29, 0.717) is 0 Å². The van der Waals surface area contributed by atoms with Crippen LogP contribution in [0.5, 0.6) is 0 Å². The molecule has 0 bridgehead atoms. The second-order valence-corrected chi connectivity index (χ2v) is 7.54. The van der Waals surface area contributed by atoms with Crippen molar-refractivity contribution in [1.82, 2.24) is 15.1 Å². The highest BCUT2D eigenvalue weighted by molar-refractivity contribution is 4.82. The van der Waals surface area contributed by atoms with Crippen molar-refractivity contribution in [1.29, 1.82) is 0 Å². The molecule has 1 N–H and O–H groups in total. The number of nitrogens with zero attached hydrogens (tertiary/aromatic N) is 2. The Morgan fingerprint density at radius 3 is 2.70 bits per heavy atom. The maximum Gasteiger partial charge on any atom is 0.0192 e. The molecule has 3 heteroatoms. The van der Waals surface area contributed by atoms with Crippen molar-refractivity contribution in [2.24, 2.45) is 17.8 Å². The van der Waals surface area contributed by atoms with Gasteiger partial charge >= 0.3 is 0 Å². The van der Waals surface area contributed by atoms with Crippen LogP contribution in [0.4, 0.5) is 0 Å². The molecule has 0 saturated carbocycles. The highest BCUT2D eigenvalue weighted by Gasteiger charge is 2.27. The molecular formula is C17H35N3. The van der Waals surface area contributed by atoms with Gasteiger partial charge in [0.25, 0.3) is 0 Å². The van der Waals surface area contributed by atoms with Crippen LogP contribution >= 0.6 is 0 Å². The quantitative estimate of drug-likeness (QED) is 0.834. The van der Waals surface area contributed by atoms with Gasteiger partial charge in [0.1, 0.15) is 0 Å². The van der Waals surface area contributed by atoms with Crippen molar-refractivity contribution in [2.75, 3.05) is 46.8 Å². The van der Waals surface area contributed by atoms with E-state index in [4.69, 9.17) is 0 Å². The van der Waals surface area contributed by atoms with E-state index in [1.807, 2.05) is 0 Å². The molecule has 0 aromatic heterocycles. The Morgan fingerprint density at radius 2 is 2.00 bits per heavy atom. The average Bonchev–Trinajstić information content (AvgIpc) is 2.44. The zero-order valence-electron chi connectivity index (χ0n) is 14.1. The Bertz CT molecular complexity index is 279. The molecule has 0 aromatic rings. The van der Waals surface area contributed by atoms with Crippen molar-refractivity contribution < 1.29 is 0 Å². The van der Waals surface area contributed by atoms with Crippen molar-refractivity contribution in [3.05, 3.63) is 0 Å². The minimum Gasteiger partial charge on any atom is -0.316 e. The summed E-state index contributed by atoms with van der Waals surface area (Å²) < 4.78 is 0. The molecule has 118 valence electrons. The van der Waals surface area contributed by atoms with E-state index in [9.17, 15) is 0 Å². The second kappa shape index (κ2) is 7.77. The van der Waals surface area contributed by atoms with Gasteiger partial charge in [0.2, 0.25) is 0 Å². The van der Waals surface area contributed by atoms with Gasteiger partial charge in [-0.2, -0.15) is 0 Å². The van der Waals surface area contributed by atoms with Gasteiger partial charge in [0.15, 0.2) is 0 Å².